The van der Waals surface area contributed by atoms with Crippen LogP contribution in [0.4, 0.5) is 10.1 Å². The zero-order chi connectivity index (χ0) is 18.6. The summed E-state index contributed by atoms with van der Waals surface area (Å²) in [5, 5.41) is 0. The molecule has 0 aromatic heterocycles. The highest BCUT2D eigenvalue weighted by Crippen LogP contribution is 2.36. The van der Waals surface area contributed by atoms with E-state index in [9.17, 15) is 9.18 Å². The predicted molar refractivity (Wildman–Crippen MR) is 98.6 cm³/mol. The van der Waals surface area contributed by atoms with Gasteiger partial charge >= 0.3 is 0 Å². The van der Waals surface area contributed by atoms with E-state index in [0.717, 1.165) is 18.4 Å². The number of fused-ring (bicyclic) bond motifs is 1. The second kappa shape index (κ2) is 7.96. The molecule has 0 radical (unpaired) electrons. The molecule has 2 aromatic carbocycles. The molecule has 2 aliphatic rings. The van der Waals surface area contributed by atoms with Crippen molar-refractivity contribution in [3.05, 3.63) is 53.8 Å². The molecular formula is C21H22FNO4. The minimum Gasteiger partial charge on any atom is -0.454 e. The standard InChI is InChI=1S/C21H22FNO4/c22-16-4-2-5-18(13-16)23(17-9-11-25-12-10-17)20(24)8-7-15-3-1-6-19-21(15)27-14-26-19/h1-6,13,17H,7-12,14H2. The molecule has 5 nitrogen and oxygen atoms in total. The molecular weight excluding hydrogens is 349 g/mol. The Morgan fingerprint density at radius 3 is 2.74 bits per heavy atom. The van der Waals surface area contributed by atoms with Crippen molar-refractivity contribution in [1.29, 1.82) is 0 Å². The summed E-state index contributed by atoms with van der Waals surface area (Å²) in [5.41, 5.74) is 1.55. The lowest BCUT2D eigenvalue weighted by atomic mass is 10.0. The number of aryl methyl sites for hydroxylation is 1. The molecule has 0 saturated carbocycles. The van der Waals surface area contributed by atoms with Gasteiger partial charge in [-0.2, -0.15) is 0 Å². The Labute approximate surface area is 157 Å². The van der Waals surface area contributed by atoms with Crippen molar-refractivity contribution >= 4 is 11.6 Å². The van der Waals surface area contributed by atoms with Crippen LogP contribution in [-0.2, 0) is 16.0 Å². The van der Waals surface area contributed by atoms with Crippen LogP contribution in [-0.4, -0.2) is 32.0 Å². The largest absolute Gasteiger partial charge is 0.454 e. The molecule has 4 rings (SSSR count). The maximum absolute atomic E-state index is 13.8. The number of rotatable bonds is 5. The van der Waals surface area contributed by atoms with Gasteiger partial charge in [-0.3, -0.25) is 4.79 Å². The van der Waals surface area contributed by atoms with Gasteiger partial charge in [-0.1, -0.05) is 18.2 Å². The van der Waals surface area contributed by atoms with Gasteiger partial charge in [-0.15, -0.1) is 0 Å². The fraction of sp³-hybridized carbons (Fsp3) is 0.381. The molecule has 0 unspecified atom stereocenters. The first kappa shape index (κ1) is 17.8. The fourth-order valence-corrected chi connectivity index (χ4v) is 3.68. The average molecular weight is 371 g/mol. The molecule has 0 bridgehead atoms. The topological polar surface area (TPSA) is 48.0 Å². The number of nitrogens with zero attached hydrogens (tertiary/aromatic N) is 1. The number of amides is 1. The van der Waals surface area contributed by atoms with Crippen molar-refractivity contribution < 1.29 is 23.4 Å². The Bertz CT molecular complexity index is 820. The summed E-state index contributed by atoms with van der Waals surface area (Å²) in [4.78, 5) is 14.9. The van der Waals surface area contributed by atoms with E-state index in [0.29, 0.717) is 43.2 Å². The first-order valence-electron chi connectivity index (χ1n) is 9.25. The summed E-state index contributed by atoms with van der Waals surface area (Å²) in [6, 6.07) is 12.0. The van der Waals surface area contributed by atoms with Gasteiger partial charge in [0, 0.05) is 31.4 Å². The minimum absolute atomic E-state index is 0.0223. The molecule has 2 aliphatic heterocycles. The summed E-state index contributed by atoms with van der Waals surface area (Å²) in [6.07, 6.45) is 2.36. The highest BCUT2D eigenvalue weighted by Gasteiger charge is 2.28. The maximum Gasteiger partial charge on any atom is 0.231 e. The van der Waals surface area contributed by atoms with Gasteiger partial charge in [0.05, 0.1) is 0 Å². The van der Waals surface area contributed by atoms with Crippen LogP contribution in [0, 0.1) is 5.82 Å². The number of anilines is 1. The van der Waals surface area contributed by atoms with Crippen molar-refractivity contribution in [3.8, 4) is 11.5 Å². The van der Waals surface area contributed by atoms with Crippen molar-refractivity contribution in [2.75, 3.05) is 24.9 Å². The molecule has 0 N–H and O–H groups in total. The monoisotopic (exact) mass is 371 g/mol. The number of carbonyl (C=O) groups is 1. The third-order valence-corrected chi connectivity index (χ3v) is 5.00. The highest BCUT2D eigenvalue weighted by molar-refractivity contribution is 5.94. The Hall–Kier alpha value is -2.60. The van der Waals surface area contributed by atoms with Gasteiger partial charge in [0.2, 0.25) is 12.7 Å². The normalized spacial score (nSPS) is 16.3. The summed E-state index contributed by atoms with van der Waals surface area (Å²) in [5.74, 6) is 1.06. The molecule has 0 spiro atoms. The van der Waals surface area contributed by atoms with Crippen LogP contribution in [0.3, 0.4) is 0 Å². The summed E-state index contributed by atoms with van der Waals surface area (Å²) < 4.78 is 30.1. The highest BCUT2D eigenvalue weighted by atomic mass is 19.1. The van der Waals surface area contributed by atoms with Crippen LogP contribution in [0.5, 0.6) is 11.5 Å². The Morgan fingerprint density at radius 2 is 1.93 bits per heavy atom. The van der Waals surface area contributed by atoms with Crippen LogP contribution >= 0.6 is 0 Å². The van der Waals surface area contributed by atoms with E-state index in [1.165, 1.54) is 12.1 Å². The van der Waals surface area contributed by atoms with Crippen LogP contribution in [0.25, 0.3) is 0 Å². The molecule has 2 aromatic rings. The van der Waals surface area contributed by atoms with E-state index in [1.807, 2.05) is 18.2 Å². The summed E-state index contributed by atoms with van der Waals surface area (Å²) >= 11 is 0. The number of halogens is 1. The third-order valence-electron chi connectivity index (χ3n) is 5.00. The van der Waals surface area contributed by atoms with Crippen LogP contribution in [0.1, 0.15) is 24.8 Å². The Kier molecular flexibility index (Phi) is 5.25. The molecule has 6 heteroatoms. The van der Waals surface area contributed by atoms with Gasteiger partial charge < -0.3 is 19.1 Å². The van der Waals surface area contributed by atoms with E-state index in [2.05, 4.69) is 0 Å². The third kappa shape index (κ3) is 3.90. The van der Waals surface area contributed by atoms with Crippen molar-refractivity contribution in [2.24, 2.45) is 0 Å². The molecule has 142 valence electrons. The van der Waals surface area contributed by atoms with Gasteiger partial charge in [0.15, 0.2) is 11.5 Å². The van der Waals surface area contributed by atoms with E-state index in [-0.39, 0.29) is 24.6 Å². The predicted octanol–water partition coefficient (Wildman–Crippen LogP) is 3.70. The fourth-order valence-electron chi connectivity index (χ4n) is 3.68. The molecule has 1 fully saturated rings. The lowest BCUT2D eigenvalue weighted by Crippen LogP contribution is -2.43. The zero-order valence-electron chi connectivity index (χ0n) is 15.0. The van der Waals surface area contributed by atoms with Gasteiger partial charge in [0.1, 0.15) is 5.82 Å². The lowest BCUT2D eigenvalue weighted by Gasteiger charge is -2.34. The van der Waals surface area contributed by atoms with Crippen molar-refractivity contribution in [2.45, 2.75) is 31.7 Å². The van der Waals surface area contributed by atoms with E-state index in [1.54, 1.807) is 17.0 Å². The second-order valence-corrected chi connectivity index (χ2v) is 6.74. The number of ether oxygens (including phenoxy) is 3. The molecule has 0 atom stereocenters. The molecule has 1 amide bonds. The number of hydrogen-bond donors (Lipinski definition) is 0. The van der Waals surface area contributed by atoms with Crippen LogP contribution in [0.2, 0.25) is 0 Å². The summed E-state index contributed by atoms with van der Waals surface area (Å²) in [7, 11) is 0. The molecule has 1 saturated heterocycles. The Morgan fingerprint density at radius 1 is 1.11 bits per heavy atom. The van der Waals surface area contributed by atoms with E-state index < -0.39 is 0 Å². The molecule has 2 heterocycles. The van der Waals surface area contributed by atoms with Gasteiger partial charge in [-0.25, -0.2) is 4.39 Å². The van der Waals surface area contributed by atoms with Crippen molar-refractivity contribution in [3.63, 3.8) is 0 Å². The quantitative estimate of drug-likeness (QED) is 0.804. The van der Waals surface area contributed by atoms with E-state index >= 15 is 0 Å². The number of hydrogen-bond acceptors (Lipinski definition) is 4. The SMILES string of the molecule is O=C(CCc1cccc2c1OCO2)N(c1cccc(F)c1)C1CCOCC1. The number of para-hydroxylation sites is 1. The molecule has 27 heavy (non-hydrogen) atoms. The first-order chi connectivity index (χ1) is 13.2. The van der Waals surface area contributed by atoms with Crippen molar-refractivity contribution in [1.82, 2.24) is 0 Å². The second-order valence-electron chi connectivity index (χ2n) is 6.74. The molecule has 0 aliphatic carbocycles. The number of benzene rings is 2. The van der Waals surface area contributed by atoms with Gasteiger partial charge in [0.25, 0.3) is 0 Å². The first-order valence-corrected chi connectivity index (χ1v) is 9.25. The van der Waals surface area contributed by atoms with Gasteiger partial charge in [-0.05, 0) is 49.1 Å². The van der Waals surface area contributed by atoms with E-state index in [4.69, 9.17) is 14.2 Å². The number of carbonyl (C=O) groups excluding carboxylic acids is 1. The zero-order valence-corrected chi connectivity index (χ0v) is 15.0. The Balaban J connectivity index is 1.53. The minimum atomic E-state index is -0.344. The summed E-state index contributed by atoms with van der Waals surface area (Å²) in [6.45, 7) is 1.43. The smallest absolute Gasteiger partial charge is 0.231 e. The van der Waals surface area contributed by atoms with Crippen LogP contribution < -0.4 is 14.4 Å². The maximum atomic E-state index is 13.8. The average Bonchev–Trinajstić information content (AvgIpc) is 3.17. The lowest BCUT2D eigenvalue weighted by molar-refractivity contribution is -0.119. The van der Waals surface area contributed by atoms with Crippen LogP contribution in [0.15, 0.2) is 42.5 Å².